The minimum Gasteiger partial charge on any atom is -0.404 e. The SMILES string of the molecule is CN(C(=O)NCc1ccc(F)cc1)N1CC(=O)N2[C@H]1CN(Cc1cccc3ccccc13)C(=O)[C@@H]2Cc1ccc(OP(=O)(O)O)cc1. The number of urea groups is 1. The quantitative estimate of drug-likeness (QED) is 0.231. The van der Waals surface area contributed by atoms with Gasteiger partial charge in [-0.2, -0.15) is 5.01 Å². The van der Waals surface area contributed by atoms with E-state index in [9.17, 15) is 23.3 Å². The molecule has 0 saturated carbocycles. The lowest BCUT2D eigenvalue weighted by atomic mass is 9.99. The molecule has 2 aliphatic rings. The molecule has 3 N–H and O–H groups in total. The summed E-state index contributed by atoms with van der Waals surface area (Å²) >= 11 is 0. The van der Waals surface area contributed by atoms with Crippen molar-refractivity contribution in [3.8, 4) is 5.75 Å². The van der Waals surface area contributed by atoms with Crippen molar-refractivity contribution in [2.45, 2.75) is 31.7 Å². The Morgan fingerprint density at radius 1 is 0.979 bits per heavy atom. The summed E-state index contributed by atoms with van der Waals surface area (Å²) in [6, 6.07) is 24.1. The van der Waals surface area contributed by atoms with E-state index in [1.165, 1.54) is 34.2 Å². The monoisotopic (exact) mass is 661 g/mol. The fraction of sp³-hybridized carbons (Fsp3) is 0.242. The number of amides is 4. The van der Waals surface area contributed by atoms with Gasteiger partial charge in [0, 0.05) is 26.6 Å². The fourth-order valence-electron chi connectivity index (χ4n) is 6.14. The van der Waals surface area contributed by atoms with Crippen LogP contribution in [-0.2, 0) is 33.7 Å². The number of hydrogen-bond acceptors (Lipinski definition) is 6. The van der Waals surface area contributed by atoms with Gasteiger partial charge in [0.1, 0.15) is 23.8 Å². The Morgan fingerprint density at radius 2 is 1.66 bits per heavy atom. The number of fused-ring (bicyclic) bond motifs is 2. The summed E-state index contributed by atoms with van der Waals surface area (Å²) in [4.78, 5) is 62.5. The minimum absolute atomic E-state index is 0.0378. The zero-order valence-electron chi connectivity index (χ0n) is 25.4. The van der Waals surface area contributed by atoms with Crippen molar-refractivity contribution in [1.82, 2.24) is 25.1 Å². The van der Waals surface area contributed by atoms with Crippen LogP contribution in [0.2, 0.25) is 0 Å². The van der Waals surface area contributed by atoms with Gasteiger partial charge in [-0.1, -0.05) is 66.7 Å². The summed E-state index contributed by atoms with van der Waals surface area (Å²) < 4.78 is 29.2. The Bertz CT molecular complexity index is 1850. The number of hydrogen-bond donors (Lipinski definition) is 3. The van der Waals surface area contributed by atoms with E-state index in [1.54, 1.807) is 41.2 Å². The molecule has 4 aromatic rings. The fourth-order valence-corrected chi connectivity index (χ4v) is 6.54. The zero-order valence-corrected chi connectivity index (χ0v) is 26.3. The molecule has 6 rings (SSSR count). The van der Waals surface area contributed by atoms with Crippen LogP contribution in [-0.4, -0.2) is 79.8 Å². The Kier molecular flexibility index (Phi) is 8.98. The second-order valence-electron chi connectivity index (χ2n) is 11.5. The Balaban J connectivity index is 1.27. The van der Waals surface area contributed by atoms with Crippen LogP contribution in [0.4, 0.5) is 9.18 Å². The van der Waals surface area contributed by atoms with Gasteiger partial charge in [0.15, 0.2) is 0 Å². The van der Waals surface area contributed by atoms with Gasteiger partial charge in [0.2, 0.25) is 11.8 Å². The summed E-state index contributed by atoms with van der Waals surface area (Å²) in [6.07, 6.45) is -0.531. The molecular formula is C33H33FN5O7P. The number of carbonyl (C=O) groups excluding carboxylic acids is 3. The molecular weight excluding hydrogens is 628 g/mol. The standard InChI is InChI=1S/C33H33FN5O7P/c1-36(33(42)35-18-23-9-13-26(34)14-10-23)38-21-31(40)39-29(17-22-11-15-27(16-12-22)46-47(43,44)45)32(41)37(20-30(38)39)19-25-7-4-6-24-5-2-3-8-28(24)25/h2-16,29-30H,17-21H2,1H3,(H,35,42)(H2,43,44,45)/t29-,30-/m0/s1. The summed E-state index contributed by atoms with van der Waals surface area (Å²) in [7, 11) is -3.20. The van der Waals surface area contributed by atoms with E-state index in [1.807, 2.05) is 42.5 Å². The summed E-state index contributed by atoms with van der Waals surface area (Å²) in [6.45, 7) is 0.440. The van der Waals surface area contributed by atoms with Crippen molar-refractivity contribution in [2.75, 3.05) is 20.1 Å². The third kappa shape index (κ3) is 7.13. The molecule has 0 aliphatic carbocycles. The highest BCUT2D eigenvalue weighted by Crippen LogP contribution is 2.38. The van der Waals surface area contributed by atoms with E-state index in [0.717, 1.165) is 16.3 Å². The third-order valence-electron chi connectivity index (χ3n) is 8.42. The molecule has 0 spiro atoms. The van der Waals surface area contributed by atoms with E-state index in [-0.39, 0.29) is 56.0 Å². The molecule has 4 amide bonds. The first-order valence-corrected chi connectivity index (χ1v) is 16.4. The van der Waals surface area contributed by atoms with Crippen LogP contribution in [0.15, 0.2) is 91.0 Å². The topological polar surface area (TPSA) is 143 Å². The summed E-state index contributed by atoms with van der Waals surface area (Å²) in [5.74, 6) is -1.00. The van der Waals surface area contributed by atoms with Crippen LogP contribution in [0.3, 0.4) is 0 Å². The number of piperazine rings is 1. The average Bonchev–Trinajstić information content (AvgIpc) is 3.37. The van der Waals surface area contributed by atoms with Crippen molar-refractivity contribution >= 4 is 36.4 Å². The number of halogens is 1. The molecule has 0 aromatic heterocycles. The predicted octanol–water partition coefficient (Wildman–Crippen LogP) is 3.63. The van der Waals surface area contributed by atoms with Crippen LogP contribution >= 0.6 is 7.82 Å². The van der Waals surface area contributed by atoms with Gasteiger partial charge in [-0.15, -0.1) is 0 Å². The van der Waals surface area contributed by atoms with Crippen LogP contribution in [0.25, 0.3) is 10.8 Å². The van der Waals surface area contributed by atoms with Crippen molar-refractivity contribution in [3.63, 3.8) is 0 Å². The van der Waals surface area contributed by atoms with E-state index in [4.69, 9.17) is 9.79 Å². The number of nitrogens with one attached hydrogen (secondary N) is 1. The Morgan fingerprint density at radius 3 is 2.38 bits per heavy atom. The van der Waals surface area contributed by atoms with Gasteiger partial charge in [-0.25, -0.2) is 13.8 Å². The molecule has 4 aromatic carbocycles. The van der Waals surface area contributed by atoms with Crippen LogP contribution < -0.4 is 9.84 Å². The van der Waals surface area contributed by atoms with E-state index < -0.39 is 26.1 Å². The van der Waals surface area contributed by atoms with Crippen LogP contribution in [0.1, 0.15) is 16.7 Å². The molecule has 2 fully saturated rings. The second-order valence-corrected chi connectivity index (χ2v) is 12.7. The number of phosphoric acid groups is 1. The Hall–Kier alpha value is -4.81. The van der Waals surface area contributed by atoms with Crippen LogP contribution in [0.5, 0.6) is 5.75 Å². The largest absolute Gasteiger partial charge is 0.524 e. The molecule has 0 bridgehead atoms. The van der Waals surface area contributed by atoms with Gasteiger partial charge >= 0.3 is 13.9 Å². The highest BCUT2D eigenvalue weighted by atomic mass is 31.2. The number of benzene rings is 4. The van der Waals surface area contributed by atoms with E-state index >= 15 is 0 Å². The molecule has 0 unspecified atom stereocenters. The molecule has 12 nitrogen and oxygen atoms in total. The maximum Gasteiger partial charge on any atom is 0.524 e. The molecule has 47 heavy (non-hydrogen) atoms. The maximum atomic E-state index is 14.2. The van der Waals surface area contributed by atoms with Crippen molar-refractivity contribution < 1.29 is 37.6 Å². The van der Waals surface area contributed by atoms with Gasteiger partial charge in [-0.3, -0.25) is 24.4 Å². The van der Waals surface area contributed by atoms with E-state index in [2.05, 4.69) is 9.84 Å². The normalized spacial score (nSPS) is 18.4. The molecule has 2 aliphatic heterocycles. The highest BCUT2D eigenvalue weighted by Gasteiger charge is 2.51. The number of hydrazine groups is 1. The Labute approximate surface area is 270 Å². The number of rotatable bonds is 9. The van der Waals surface area contributed by atoms with E-state index in [0.29, 0.717) is 11.1 Å². The maximum absolute atomic E-state index is 14.2. The second kappa shape index (κ2) is 13.1. The smallest absolute Gasteiger partial charge is 0.404 e. The first-order valence-electron chi connectivity index (χ1n) is 14.9. The lowest BCUT2D eigenvalue weighted by molar-refractivity contribution is -0.157. The minimum atomic E-state index is -4.75. The number of carbonyl (C=O) groups is 3. The molecule has 2 saturated heterocycles. The van der Waals surface area contributed by atoms with Crippen LogP contribution in [0, 0.1) is 5.82 Å². The molecule has 244 valence electrons. The van der Waals surface area contributed by atoms with Crippen molar-refractivity contribution in [2.24, 2.45) is 0 Å². The zero-order chi connectivity index (χ0) is 33.3. The summed E-state index contributed by atoms with van der Waals surface area (Å²) in [5, 5.41) is 7.80. The number of phosphoric ester groups is 1. The third-order valence-corrected chi connectivity index (χ3v) is 8.87. The van der Waals surface area contributed by atoms with Crippen molar-refractivity contribution in [3.05, 3.63) is 114 Å². The summed E-state index contributed by atoms with van der Waals surface area (Å²) in [5.41, 5.74) is 2.28. The van der Waals surface area contributed by atoms with Gasteiger partial charge in [0.05, 0.1) is 13.1 Å². The molecule has 14 heteroatoms. The first-order chi connectivity index (χ1) is 22.5. The predicted molar refractivity (Wildman–Crippen MR) is 170 cm³/mol. The first kappa shape index (κ1) is 32.1. The van der Waals surface area contributed by atoms with Crippen molar-refractivity contribution in [1.29, 1.82) is 0 Å². The molecule has 2 atom stereocenters. The highest BCUT2D eigenvalue weighted by molar-refractivity contribution is 7.46. The molecule has 2 heterocycles. The lowest BCUT2D eigenvalue weighted by Crippen LogP contribution is -2.65. The van der Waals surface area contributed by atoms with Gasteiger partial charge in [0.25, 0.3) is 0 Å². The average molecular weight is 662 g/mol. The van der Waals surface area contributed by atoms with Gasteiger partial charge < -0.3 is 19.6 Å². The molecule has 0 radical (unpaired) electrons. The van der Waals surface area contributed by atoms with Gasteiger partial charge in [-0.05, 0) is 51.7 Å². The number of nitrogens with zero attached hydrogens (tertiary/aromatic N) is 4. The lowest BCUT2D eigenvalue weighted by Gasteiger charge is -2.46.